The fourth-order valence-electron chi connectivity index (χ4n) is 3.49. The van der Waals surface area contributed by atoms with Gasteiger partial charge in [0.2, 0.25) is 0 Å². The smallest absolute Gasteiger partial charge is 0.0662 e. The van der Waals surface area contributed by atoms with Crippen LogP contribution in [0.1, 0.15) is 142 Å². The second kappa shape index (κ2) is 32.9. The molecule has 178 valence electrons. The molecule has 0 spiro atoms. The van der Waals surface area contributed by atoms with Crippen LogP contribution in [0.3, 0.4) is 0 Å². The highest BCUT2D eigenvalue weighted by atomic mass is 32.2. The van der Waals surface area contributed by atoms with Gasteiger partial charge >= 0.3 is 0 Å². The molecule has 0 unspecified atom stereocenters. The molecule has 0 heterocycles. The molecule has 0 aromatic carbocycles. The van der Waals surface area contributed by atoms with E-state index in [9.17, 15) is 0 Å². The Bertz CT molecular complexity index is 225. The predicted octanol–water partition coefficient (Wildman–Crippen LogP) is 8.53. The minimum Gasteiger partial charge on any atom is -0.394 e. The molecule has 0 atom stereocenters. The van der Waals surface area contributed by atoms with Crippen LogP contribution in [0, 0.1) is 0 Å². The Labute approximate surface area is 189 Å². The first-order chi connectivity index (χ1) is 14.3. The average Bonchev–Trinajstić information content (AvgIpc) is 2.75. The van der Waals surface area contributed by atoms with Gasteiger partial charge in [-0.25, -0.2) is 0 Å². The molecule has 3 heteroatoms. The third-order valence-corrected chi connectivity index (χ3v) is 6.54. The quantitative estimate of drug-likeness (QED) is 0.159. The molecule has 0 bridgehead atoms. The highest BCUT2D eigenvalue weighted by Crippen LogP contribution is 2.15. The van der Waals surface area contributed by atoms with Gasteiger partial charge in [0.1, 0.15) is 0 Å². The Hall–Kier alpha value is 0.270. The van der Waals surface area contributed by atoms with Crippen molar-refractivity contribution in [3.8, 4) is 0 Å². The van der Waals surface area contributed by atoms with Gasteiger partial charge in [0.15, 0.2) is 0 Å². The highest BCUT2D eigenvalue weighted by Gasteiger charge is 1.95. The molecule has 2 N–H and O–H groups in total. The Morgan fingerprint density at radius 2 is 0.621 bits per heavy atom. The summed E-state index contributed by atoms with van der Waals surface area (Å²) < 4.78 is 0. The van der Waals surface area contributed by atoms with E-state index in [0.29, 0.717) is 0 Å². The summed E-state index contributed by atoms with van der Waals surface area (Å²) in [5.41, 5.74) is 0. The minimum atomic E-state index is -0.125. The molecule has 0 aliphatic carbocycles. The van der Waals surface area contributed by atoms with Crippen molar-refractivity contribution >= 4 is 11.8 Å². The number of aliphatic hydroxyl groups is 2. The average molecular weight is 433 g/mol. The number of hydrogen-bond donors (Lipinski definition) is 2. The topological polar surface area (TPSA) is 40.5 Å². The van der Waals surface area contributed by atoms with Crippen molar-refractivity contribution in [3.63, 3.8) is 0 Å². The Morgan fingerprint density at radius 1 is 0.379 bits per heavy atom. The maximum Gasteiger partial charge on any atom is 0.0662 e. The highest BCUT2D eigenvalue weighted by molar-refractivity contribution is 7.99. The zero-order valence-electron chi connectivity index (χ0n) is 20.3. The molecule has 0 aliphatic rings. The van der Waals surface area contributed by atoms with E-state index in [0.717, 1.165) is 0 Å². The van der Waals surface area contributed by atoms with Crippen molar-refractivity contribution in [2.24, 2.45) is 0 Å². The third kappa shape index (κ3) is 36.0. The summed E-state index contributed by atoms with van der Waals surface area (Å²) in [5, 5.41) is 15.2. The molecule has 0 amide bonds. The maximum absolute atomic E-state index is 7.62. The molecule has 0 saturated heterocycles. The van der Waals surface area contributed by atoms with Crippen LogP contribution < -0.4 is 0 Å². The van der Waals surface area contributed by atoms with Crippen LogP contribution in [0.15, 0.2) is 0 Å². The van der Waals surface area contributed by atoms with Crippen LogP contribution in [0.5, 0.6) is 0 Å². The lowest BCUT2D eigenvalue weighted by Crippen LogP contribution is -1.87. The zero-order chi connectivity index (χ0) is 21.7. The first-order valence-corrected chi connectivity index (χ1v) is 14.3. The summed E-state index contributed by atoms with van der Waals surface area (Å²) in [5.74, 6) is 2.82. The normalized spacial score (nSPS) is 10.8. The van der Waals surface area contributed by atoms with E-state index in [1.54, 1.807) is 0 Å². The summed E-state index contributed by atoms with van der Waals surface area (Å²) >= 11 is 2.21. The molecule has 29 heavy (non-hydrogen) atoms. The second-order valence-corrected chi connectivity index (χ2v) is 9.65. The van der Waals surface area contributed by atoms with E-state index < -0.39 is 0 Å². The standard InChI is InChI=1S/C24H50S.C2H6O2/c1-3-5-7-9-11-13-15-17-19-21-23-25-24-22-20-18-16-14-12-10-8-6-4-2;3-1-2-4/h3-24H2,1-2H3;3-4H,1-2H2. The van der Waals surface area contributed by atoms with Crippen molar-refractivity contribution in [1.82, 2.24) is 0 Å². The maximum atomic E-state index is 7.62. The predicted molar refractivity (Wildman–Crippen MR) is 135 cm³/mol. The van der Waals surface area contributed by atoms with Gasteiger partial charge in [-0.1, -0.05) is 129 Å². The molecule has 0 aromatic heterocycles. The van der Waals surface area contributed by atoms with Crippen LogP contribution in [-0.2, 0) is 0 Å². The SMILES string of the molecule is CCCCCCCCCCCCSCCCCCCCCCCCC.OCCO. The molecule has 0 rings (SSSR count). The van der Waals surface area contributed by atoms with Crippen molar-refractivity contribution < 1.29 is 10.2 Å². The lowest BCUT2D eigenvalue weighted by molar-refractivity contribution is 0.186. The first kappa shape index (κ1) is 31.5. The largest absolute Gasteiger partial charge is 0.394 e. The van der Waals surface area contributed by atoms with Crippen molar-refractivity contribution in [1.29, 1.82) is 0 Å². The Kier molecular flexibility index (Phi) is 35.7. The fraction of sp³-hybridized carbons (Fsp3) is 1.00. The van der Waals surface area contributed by atoms with Crippen molar-refractivity contribution in [2.75, 3.05) is 24.7 Å². The molecule has 0 saturated carbocycles. The molecule has 0 aliphatic heterocycles. The van der Waals surface area contributed by atoms with Crippen LogP contribution in [0.25, 0.3) is 0 Å². The number of aliphatic hydroxyl groups excluding tert-OH is 2. The Morgan fingerprint density at radius 3 is 0.862 bits per heavy atom. The molecule has 0 fully saturated rings. The van der Waals surface area contributed by atoms with E-state index in [4.69, 9.17) is 10.2 Å². The lowest BCUT2D eigenvalue weighted by atomic mass is 10.1. The van der Waals surface area contributed by atoms with Crippen molar-refractivity contribution in [3.05, 3.63) is 0 Å². The zero-order valence-corrected chi connectivity index (χ0v) is 21.1. The number of unbranched alkanes of at least 4 members (excludes halogenated alkanes) is 18. The van der Waals surface area contributed by atoms with E-state index in [1.807, 2.05) is 0 Å². The van der Waals surface area contributed by atoms with Crippen molar-refractivity contribution in [2.45, 2.75) is 142 Å². The van der Waals surface area contributed by atoms with Gasteiger partial charge in [0.25, 0.3) is 0 Å². The van der Waals surface area contributed by atoms with Gasteiger partial charge in [0.05, 0.1) is 13.2 Å². The molecule has 0 aromatic rings. The summed E-state index contributed by atoms with van der Waals surface area (Å²) in [4.78, 5) is 0. The summed E-state index contributed by atoms with van der Waals surface area (Å²) in [6, 6.07) is 0. The fourth-order valence-corrected chi connectivity index (χ4v) is 4.51. The van der Waals surface area contributed by atoms with Gasteiger partial charge < -0.3 is 10.2 Å². The Balaban J connectivity index is 0. The van der Waals surface area contributed by atoms with Gasteiger partial charge in [-0.05, 0) is 24.3 Å². The van der Waals surface area contributed by atoms with E-state index in [-0.39, 0.29) is 13.2 Å². The van der Waals surface area contributed by atoms with Gasteiger partial charge in [-0.15, -0.1) is 0 Å². The summed E-state index contributed by atoms with van der Waals surface area (Å²) in [6.45, 7) is 4.35. The molecule has 0 radical (unpaired) electrons. The second-order valence-electron chi connectivity index (χ2n) is 8.42. The molecule has 2 nitrogen and oxygen atoms in total. The minimum absolute atomic E-state index is 0.125. The number of thioether (sulfide) groups is 1. The van der Waals surface area contributed by atoms with Gasteiger partial charge in [-0.2, -0.15) is 11.8 Å². The van der Waals surface area contributed by atoms with E-state index in [2.05, 4.69) is 25.6 Å². The summed E-state index contributed by atoms with van der Waals surface area (Å²) in [7, 11) is 0. The lowest BCUT2D eigenvalue weighted by Gasteiger charge is -2.04. The molecular weight excluding hydrogens is 376 g/mol. The van der Waals surface area contributed by atoms with Crippen LogP contribution in [-0.4, -0.2) is 34.9 Å². The monoisotopic (exact) mass is 432 g/mol. The number of rotatable bonds is 23. The summed E-state index contributed by atoms with van der Waals surface area (Å²) in [6.07, 6.45) is 29.2. The molecular formula is C26H56O2S. The van der Waals surface area contributed by atoms with Crippen LogP contribution in [0.2, 0.25) is 0 Å². The van der Waals surface area contributed by atoms with E-state index in [1.165, 1.54) is 140 Å². The van der Waals surface area contributed by atoms with Crippen LogP contribution in [0.4, 0.5) is 0 Å². The third-order valence-electron chi connectivity index (χ3n) is 5.38. The first-order valence-electron chi connectivity index (χ1n) is 13.1. The van der Waals surface area contributed by atoms with Gasteiger partial charge in [0, 0.05) is 0 Å². The van der Waals surface area contributed by atoms with Crippen LogP contribution >= 0.6 is 11.8 Å². The van der Waals surface area contributed by atoms with Gasteiger partial charge in [-0.3, -0.25) is 0 Å². The van der Waals surface area contributed by atoms with E-state index >= 15 is 0 Å². The number of hydrogen-bond acceptors (Lipinski definition) is 3.